The summed E-state index contributed by atoms with van der Waals surface area (Å²) in [7, 11) is -3.94. The number of primary sulfonamides is 1. The Morgan fingerprint density at radius 1 is 1.22 bits per heavy atom. The van der Waals surface area contributed by atoms with E-state index in [4.69, 9.17) is 5.14 Å². The summed E-state index contributed by atoms with van der Waals surface area (Å²) < 4.78 is 61.4. The van der Waals surface area contributed by atoms with Crippen LogP contribution in [-0.2, 0) is 16.2 Å². The van der Waals surface area contributed by atoms with Crippen molar-refractivity contribution in [1.29, 1.82) is 0 Å². The molecule has 2 rings (SSSR count). The van der Waals surface area contributed by atoms with E-state index in [0.29, 0.717) is 18.1 Å². The molecule has 2 aromatic rings. The molecule has 0 aliphatic carbocycles. The van der Waals surface area contributed by atoms with E-state index >= 15 is 0 Å². The van der Waals surface area contributed by atoms with Crippen molar-refractivity contribution in [3.63, 3.8) is 0 Å². The third-order valence-electron chi connectivity index (χ3n) is 3.85. The maximum Gasteiger partial charge on any atom is 0.416 e. The minimum atomic E-state index is -4.71. The number of hydrogen-bond donors (Lipinski definition) is 2. The van der Waals surface area contributed by atoms with Crippen LogP contribution in [0.25, 0.3) is 0 Å². The standard InChI is InChI=1S/C16H16F3N3O4S/c1-2-13(10-4-3-5-12(8-10)27(20,25)26)21-14-7-6-11(16(17,18)19)9-15(14)22(23)24/h3-9,13,21H,2H2,1H3,(H2,20,25,26). The monoisotopic (exact) mass is 403 g/mol. The molecule has 1 unspecified atom stereocenters. The van der Waals surface area contributed by atoms with Crippen molar-refractivity contribution in [2.45, 2.75) is 30.5 Å². The summed E-state index contributed by atoms with van der Waals surface area (Å²) >= 11 is 0. The van der Waals surface area contributed by atoms with Crippen molar-refractivity contribution in [3.05, 3.63) is 63.7 Å². The van der Waals surface area contributed by atoms with Gasteiger partial charge in [0.25, 0.3) is 5.69 Å². The highest BCUT2D eigenvalue weighted by Crippen LogP contribution is 2.36. The Hall–Kier alpha value is -2.66. The molecule has 0 spiro atoms. The smallest absolute Gasteiger partial charge is 0.373 e. The van der Waals surface area contributed by atoms with Crippen molar-refractivity contribution in [1.82, 2.24) is 0 Å². The Morgan fingerprint density at radius 2 is 1.89 bits per heavy atom. The molecule has 146 valence electrons. The largest absolute Gasteiger partial charge is 0.416 e. The number of nitro benzene ring substituents is 1. The van der Waals surface area contributed by atoms with Crippen LogP contribution in [0.5, 0.6) is 0 Å². The Balaban J connectivity index is 2.43. The van der Waals surface area contributed by atoms with Gasteiger partial charge in [0.05, 0.1) is 21.4 Å². The molecule has 0 bridgehead atoms. The molecule has 7 nitrogen and oxygen atoms in total. The minimum absolute atomic E-state index is 0.110. The molecule has 0 aliphatic heterocycles. The highest BCUT2D eigenvalue weighted by atomic mass is 32.2. The molecule has 0 fully saturated rings. The van der Waals surface area contributed by atoms with Crippen LogP contribution in [0.4, 0.5) is 24.5 Å². The van der Waals surface area contributed by atoms with Gasteiger partial charge in [-0.05, 0) is 36.2 Å². The van der Waals surface area contributed by atoms with Gasteiger partial charge in [0.15, 0.2) is 0 Å². The number of nitrogens with zero attached hydrogens (tertiary/aromatic N) is 1. The molecule has 0 amide bonds. The molecule has 0 saturated carbocycles. The van der Waals surface area contributed by atoms with Gasteiger partial charge in [-0.15, -0.1) is 0 Å². The number of alkyl halides is 3. The van der Waals surface area contributed by atoms with Crippen LogP contribution in [0.1, 0.15) is 30.5 Å². The highest BCUT2D eigenvalue weighted by molar-refractivity contribution is 7.89. The molecule has 0 heterocycles. The lowest BCUT2D eigenvalue weighted by Crippen LogP contribution is -2.15. The average Bonchev–Trinajstić information content (AvgIpc) is 2.58. The van der Waals surface area contributed by atoms with Crippen molar-refractivity contribution < 1.29 is 26.5 Å². The van der Waals surface area contributed by atoms with Crippen molar-refractivity contribution in [2.24, 2.45) is 5.14 Å². The highest BCUT2D eigenvalue weighted by Gasteiger charge is 2.33. The zero-order chi connectivity index (χ0) is 20.4. The summed E-state index contributed by atoms with van der Waals surface area (Å²) in [6.07, 6.45) is -4.33. The first kappa shape index (κ1) is 20.6. The molecular formula is C16H16F3N3O4S. The van der Waals surface area contributed by atoms with Gasteiger partial charge in [-0.1, -0.05) is 19.1 Å². The molecule has 0 aliphatic rings. The number of hydrogen-bond acceptors (Lipinski definition) is 5. The lowest BCUT2D eigenvalue weighted by molar-refractivity contribution is -0.384. The zero-order valence-corrected chi connectivity index (χ0v) is 14.8. The Bertz CT molecular complexity index is 962. The lowest BCUT2D eigenvalue weighted by atomic mass is 10.0. The normalized spacial score (nSPS) is 13.2. The van der Waals surface area contributed by atoms with Gasteiger partial charge in [0.2, 0.25) is 10.0 Å². The number of benzene rings is 2. The van der Waals surface area contributed by atoms with E-state index in [2.05, 4.69) is 5.32 Å². The predicted molar refractivity (Wildman–Crippen MR) is 92.6 cm³/mol. The van der Waals surface area contributed by atoms with Gasteiger partial charge in [0, 0.05) is 6.07 Å². The fraction of sp³-hybridized carbons (Fsp3) is 0.250. The number of nitrogens with one attached hydrogen (secondary N) is 1. The van der Waals surface area contributed by atoms with Crippen LogP contribution in [0.3, 0.4) is 0 Å². The molecule has 3 N–H and O–H groups in total. The first-order valence-corrected chi connectivity index (χ1v) is 9.23. The van der Waals surface area contributed by atoms with E-state index in [1.807, 2.05) is 0 Å². The Kier molecular flexibility index (Phi) is 5.76. The van der Waals surface area contributed by atoms with Gasteiger partial charge in [-0.3, -0.25) is 10.1 Å². The second kappa shape index (κ2) is 7.53. The number of rotatable bonds is 6. The van der Waals surface area contributed by atoms with Crippen molar-refractivity contribution >= 4 is 21.4 Å². The summed E-state index contributed by atoms with van der Waals surface area (Å²) in [4.78, 5) is 10.1. The first-order chi connectivity index (χ1) is 12.4. The molecular weight excluding hydrogens is 387 g/mol. The molecule has 0 radical (unpaired) electrons. The average molecular weight is 403 g/mol. The Labute approximate surface area is 153 Å². The number of halogens is 3. The maximum absolute atomic E-state index is 12.8. The third kappa shape index (κ3) is 4.95. The van der Waals surface area contributed by atoms with E-state index in [1.165, 1.54) is 18.2 Å². The summed E-state index contributed by atoms with van der Waals surface area (Å²) in [5, 5.41) is 19.1. The van der Waals surface area contributed by atoms with Crippen LogP contribution in [0.15, 0.2) is 47.4 Å². The van der Waals surface area contributed by atoms with Crippen LogP contribution < -0.4 is 10.5 Å². The maximum atomic E-state index is 12.8. The fourth-order valence-electron chi connectivity index (χ4n) is 2.50. The molecule has 0 aromatic heterocycles. The first-order valence-electron chi connectivity index (χ1n) is 7.68. The number of sulfonamides is 1. The van der Waals surface area contributed by atoms with Gasteiger partial charge in [0.1, 0.15) is 5.69 Å². The van der Waals surface area contributed by atoms with Gasteiger partial charge in [-0.2, -0.15) is 13.2 Å². The van der Waals surface area contributed by atoms with Crippen LogP contribution in [-0.4, -0.2) is 13.3 Å². The van der Waals surface area contributed by atoms with Crippen molar-refractivity contribution in [2.75, 3.05) is 5.32 Å². The molecule has 0 saturated heterocycles. The van der Waals surface area contributed by atoms with E-state index < -0.39 is 38.4 Å². The number of nitro groups is 1. The van der Waals surface area contributed by atoms with Gasteiger partial charge in [-0.25, -0.2) is 13.6 Å². The van der Waals surface area contributed by atoms with Crippen LogP contribution in [0, 0.1) is 10.1 Å². The summed E-state index contributed by atoms with van der Waals surface area (Å²) in [5.41, 5.74) is -1.51. The van der Waals surface area contributed by atoms with E-state index in [-0.39, 0.29) is 10.6 Å². The number of nitrogens with two attached hydrogens (primary N) is 1. The second-order valence-electron chi connectivity index (χ2n) is 5.71. The minimum Gasteiger partial charge on any atom is -0.373 e. The lowest BCUT2D eigenvalue weighted by Gasteiger charge is -2.20. The zero-order valence-electron chi connectivity index (χ0n) is 14.0. The second-order valence-corrected chi connectivity index (χ2v) is 7.27. The predicted octanol–water partition coefficient (Wildman–Crippen LogP) is 3.82. The van der Waals surface area contributed by atoms with Crippen LogP contribution >= 0.6 is 0 Å². The fourth-order valence-corrected chi connectivity index (χ4v) is 3.07. The molecule has 1 atom stereocenters. The SMILES string of the molecule is CCC(Nc1ccc(C(F)(F)F)cc1[N+](=O)[O-])c1cccc(S(N)(=O)=O)c1. The third-order valence-corrected chi connectivity index (χ3v) is 4.76. The quantitative estimate of drug-likeness (QED) is 0.562. The molecule has 11 heteroatoms. The number of anilines is 1. The topological polar surface area (TPSA) is 115 Å². The van der Waals surface area contributed by atoms with Gasteiger partial charge >= 0.3 is 6.18 Å². The van der Waals surface area contributed by atoms with E-state index in [1.54, 1.807) is 13.0 Å². The molecule has 2 aromatic carbocycles. The molecule has 27 heavy (non-hydrogen) atoms. The van der Waals surface area contributed by atoms with Crippen molar-refractivity contribution in [3.8, 4) is 0 Å². The van der Waals surface area contributed by atoms with E-state index in [0.717, 1.165) is 12.1 Å². The summed E-state index contributed by atoms with van der Waals surface area (Å²) in [6, 6.07) is 7.25. The summed E-state index contributed by atoms with van der Waals surface area (Å²) in [5.74, 6) is 0. The van der Waals surface area contributed by atoms with Crippen LogP contribution in [0.2, 0.25) is 0 Å². The van der Waals surface area contributed by atoms with E-state index in [9.17, 15) is 31.7 Å². The van der Waals surface area contributed by atoms with Gasteiger partial charge < -0.3 is 5.32 Å². The summed E-state index contributed by atoms with van der Waals surface area (Å²) in [6.45, 7) is 1.73. The Morgan fingerprint density at radius 3 is 2.41 bits per heavy atom.